The van der Waals surface area contributed by atoms with Crippen molar-refractivity contribution in [2.24, 2.45) is 118 Å². The third-order valence-corrected chi connectivity index (χ3v) is 16.5. The lowest BCUT2D eigenvalue weighted by molar-refractivity contribution is 0.182. The van der Waals surface area contributed by atoms with E-state index in [9.17, 15) is 0 Å². The first-order chi connectivity index (χ1) is 38.1. The number of hydrogen-bond acceptors (Lipinski definition) is 9. The molecule has 2 atom stereocenters. The lowest BCUT2D eigenvalue weighted by atomic mass is 9.72. The molecule has 84 heavy (non-hydrogen) atoms. The van der Waals surface area contributed by atoms with E-state index in [0.717, 1.165) is 55.6 Å². The van der Waals surface area contributed by atoms with Crippen LogP contribution in [-0.4, -0.2) is 82.5 Å². The third-order valence-electron chi connectivity index (χ3n) is 16.5. The fourth-order valence-electron chi connectivity index (χ4n) is 10.9. The van der Waals surface area contributed by atoms with E-state index in [1.807, 2.05) is 34.7 Å². The molecule has 0 unspecified atom stereocenters. The Hall–Kier alpha value is -1.05. The highest BCUT2D eigenvalue weighted by molar-refractivity contribution is 5.75. The van der Waals surface area contributed by atoms with E-state index in [-0.39, 0.29) is 11.5 Å². The van der Waals surface area contributed by atoms with Crippen molar-refractivity contribution in [2.75, 3.05) is 52.9 Å². The number of rotatable bonds is 12. The molecule has 0 bridgehead atoms. The monoisotopic (exact) mass is 1190 g/mol. The van der Waals surface area contributed by atoms with E-state index in [0.29, 0.717) is 61.4 Å². The lowest BCUT2D eigenvalue weighted by Crippen LogP contribution is -2.43. The van der Waals surface area contributed by atoms with E-state index >= 15 is 0 Å². The van der Waals surface area contributed by atoms with Gasteiger partial charge in [-0.25, -0.2) is 0 Å². The SMILES string of the molecule is CC.CC.CC(C)(C)C1(CN=C(N)N)CC1.CC(C)(C)CC1(N)CC1.CC(C)(C)CC1CC(N)C1.CC(C)(C)CC1CNC1.CC(C)(C)CCC1CNC1.CC(C)(C)CCCN.CC1CC(N)C1.CNCCCC(C)(C)C.C[C@@H]1CC[C@H](N)C1. The molecule has 0 amide bonds. The molecule has 2 saturated heterocycles. The van der Waals surface area contributed by atoms with Gasteiger partial charge >= 0.3 is 0 Å². The summed E-state index contributed by atoms with van der Waals surface area (Å²) in [5.74, 6) is 4.90. The maximum atomic E-state index is 5.93. The molecule has 0 aromatic rings. The summed E-state index contributed by atoms with van der Waals surface area (Å²) in [6, 6.07) is 1.59. The minimum absolute atomic E-state index is 0.213. The van der Waals surface area contributed by atoms with Crippen LogP contribution in [0.25, 0.3) is 0 Å². The zero-order chi connectivity index (χ0) is 66.6. The molecule has 0 aromatic heterocycles. The second-order valence-electron chi connectivity index (χ2n) is 35.4. The van der Waals surface area contributed by atoms with E-state index in [2.05, 4.69) is 180 Å². The second-order valence-corrected chi connectivity index (χ2v) is 35.4. The highest BCUT2D eigenvalue weighted by Gasteiger charge is 2.51. The highest BCUT2D eigenvalue weighted by Crippen LogP contribution is 2.58. The van der Waals surface area contributed by atoms with E-state index < -0.39 is 0 Å². The van der Waals surface area contributed by atoms with Gasteiger partial charge in [-0.1, -0.05) is 187 Å². The van der Waals surface area contributed by atoms with Gasteiger partial charge in [0, 0.05) is 30.2 Å². The molecule has 510 valence electrons. The molecule has 0 spiro atoms. The Labute approximate surface area is 529 Å². The van der Waals surface area contributed by atoms with Crippen LogP contribution in [0.15, 0.2) is 4.99 Å². The Morgan fingerprint density at radius 2 is 0.905 bits per heavy atom. The van der Waals surface area contributed by atoms with Crippen molar-refractivity contribution in [1.29, 1.82) is 0 Å². The normalized spacial score (nSPS) is 23.5. The summed E-state index contributed by atoms with van der Waals surface area (Å²) in [5.41, 5.74) is 42.6. The van der Waals surface area contributed by atoms with E-state index in [4.69, 9.17) is 40.1 Å². The van der Waals surface area contributed by atoms with Gasteiger partial charge < -0.3 is 56.1 Å². The standard InChI is InChI=1S/C9H19N3.2C9H19N.2C8H17N.C8H19N.C7H17N.C6H13N.C5H11N.2C2H6/c1-8(2,3)9(4-5-9)6-12-7(10)11;1-9(2,3)6-7-4-8(10)5-7;1-9(2,3)5-4-8-6-10-7-8;1-8(2,3)4-7-5-9-6-7;1-7(2,3)6-8(9)4-5-8;1-8(2,3)6-5-7-9-4;1-7(2,3)5-4-6-8;1-5-2-3-6(7)4-5;1-4-2-5(6)3-4;2*1-2/h4-6H2,1-3H3,(H4,10,11,12);7-8H,4-6,10H2,1-3H3;8,10H,4-7H2,1-3H3;7,9H,4-6H2,1-3H3;4-6,9H2,1-3H3;9H,5-7H2,1-4H3;4-6,8H2,1-3H3;5-6H,2-4,7H2,1H3;4-5H,2-3,6H2,1H3;2*1-2H3/t;;;;;;;5-,6+;;;/m.......1.../s1. The van der Waals surface area contributed by atoms with Crippen LogP contribution in [0.2, 0.25) is 0 Å². The van der Waals surface area contributed by atoms with Gasteiger partial charge in [-0.2, -0.15) is 0 Å². The third kappa shape index (κ3) is 58.6. The molecule has 0 radical (unpaired) electrons. The average molecular weight is 1200 g/mol. The molecule has 7 fully saturated rings. The van der Waals surface area contributed by atoms with Crippen molar-refractivity contribution in [3.05, 3.63) is 0 Å². The molecule has 5 aliphatic carbocycles. The first kappa shape index (κ1) is 89.4. The van der Waals surface area contributed by atoms with Crippen LogP contribution in [0.3, 0.4) is 0 Å². The average Bonchev–Trinajstić information content (AvgIpc) is 4.20. The van der Waals surface area contributed by atoms with Gasteiger partial charge in [-0.15, -0.1) is 0 Å². The number of nitrogens with zero attached hydrogens (tertiary/aromatic N) is 1. The van der Waals surface area contributed by atoms with Crippen molar-refractivity contribution in [3.8, 4) is 0 Å². The topological polar surface area (TPSA) is 231 Å². The van der Waals surface area contributed by atoms with Gasteiger partial charge in [-0.3, -0.25) is 4.99 Å². The van der Waals surface area contributed by atoms with Crippen molar-refractivity contribution >= 4 is 5.96 Å². The molecule has 11 heteroatoms. The largest absolute Gasteiger partial charge is 0.370 e. The van der Waals surface area contributed by atoms with Gasteiger partial charge in [0.25, 0.3) is 0 Å². The summed E-state index contributed by atoms with van der Waals surface area (Å²) in [6.45, 7) is 68.2. The zero-order valence-electron chi connectivity index (χ0n) is 62.7. The van der Waals surface area contributed by atoms with E-state index in [1.165, 1.54) is 148 Å². The number of aliphatic imine (C=N–C) groups is 1. The smallest absolute Gasteiger partial charge is 0.185 e. The first-order valence-corrected chi connectivity index (χ1v) is 35.0. The lowest BCUT2D eigenvalue weighted by Gasteiger charge is -2.36. The van der Waals surface area contributed by atoms with Gasteiger partial charge in [-0.05, 0) is 248 Å². The molecule has 7 rings (SSSR count). The van der Waals surface area contributed by atoms with Crippen LogP contribution in [0.5, 0.6) is 0 Å². The van der Waals surface area contributed by atoms with Crippen LogP contribution in [0.1, 0.15) is 315 Å². The molecule has 11 nitrogen and oxygen atoms in total. The minimum Gasteiger partial charge on any atom is -0.370 e. The summed E-state index contributed by atoms with van der Waals surface area (Å²) in [6.07, 6.45) is 25.6. The Balaban J connectivity index is -0.000000427. The van der Waals surface area contributed by atoms with Gasteiger partial charge in [0.2, 0.25) is 0 Å². The predicted molar refractivity (Wildman–Crippen MR) is 383 cm³/mol. The molecule has 0 aromatic carbocycles. The van der Waals surface area contributed by atoms with Crippen molar-refractivity contribution in [1.82, 2.24) is 16.0 Å². The fourth-order valence-corrected chi connectivity index (χ4v) is 10.9. The quantitative estimate of drug-likeness (QED) is 0.0505. The second kappa shape index (κ2) is 43.6. The van der Waals surface area contributed by atoms with Crippen LogP contribution in [0.4, 0.5) is 0 Å². The summed E-state index contributed by atoms with van der Waals surface area (Å²) in [5, 5.41) is 9.72. The number of nitrogens with two attached hydrogens (primary N) is 7. The first-order valence-electron chi connectivity index (χ1n) is 35.0. The maximum absolute atomic E-state index is 5.93. The van der Waals surface area contributed by atoms with Crippen LogP contribution < -0.4 is 56.1 Å². The van der Waals surface area contributed by atoms with Crippen molar-refractivity contribution in [2.45, 2.75) is 339 Å². The van der Waals surface area contributed by atoms with Gasteiger partial charge in [0.05, 0.1) is 0 Å². The fraction of sp³-hybridized carbons (Fsp3) is 0.986. The summed E-state index contributed by atoms with van der Waals surface area (Å²) in [4.78, 5) is 4.10. The number of guanidine groups is 1. The molecular weight excluding hydrogens is 1030 g/mol. The minimum atomic E-state index is 0.213. The summed E-state index contributed by atoms with van der Waals surface area (Å²) >= 11 is 0. The molecule has 17 N–H and O–H groups in total. The Morgan fingerprint density at radius 1 is 0.500 bits per heavy atom. The predicted octanol–water partition coefficient (Wildman–Crippen LogP) is 16.6. The van der Waals surface area contributed by atoms with Crippen molar-refractivity contribution in [3.63, 3.8) is 0 Å². The highest BCUT2D eigenvalue weighted by atomic mass is 15.0. The van der Waals surface area contributed by atoms with Gasteiger partial charge in [0.1, 0.15) is 0 Å². The zero-order valence-corrected chi connectivity index (χ0v) is 62.7. The Kier molecular flexibility index (Phi) is 46.4. The molecule has 7 aliphatic rings. The molecule has 2 heterocycles. The number of hydrogen-bond donors (Lipinski definition) is 10. The molecule has 5 saturated carbocycles. The molecule has 2 aliphatic heterocycles. The summed E-state index contributed by atoms with van der Waals surface area (Å²) in [7, 11) is 2.00. The Morgan fingerprint density at radius 3 is 1.10 bits per heavy atom. The Bertz CT molecular complexity index is 1510. The van der Waals surface area contributed by atoms with Crippen LogP contribution in [0, 0.1) is 72.9 Å². The number of nitrogens with one attached hydrogen (secondary N) is 3. The van der Waals surface area contributed by atoms with E-state index in [1.54, 1.807) is 0 Å². The summed E-state index contributed by atoms with van der Waals surface area (Å²) < 4.78 is 0. The maximum Gasteiger partial charge on any atom is 0.185 e. The van der Waals surface area contributed by atoms with Crippen LogP contribution >= 0.6 is 0 Å². The van der Waals surface area contributed by atoms with Gasteiger partial charge in [0.15, 0.2) is 5.96 Å². The molecular formula is C73H163N11. The van der Waals surface area contributed by atoms with Crippen LogP contribution in [-0.2, 0) is 0 Å². The van der Waals surface area contributed by atoms with Crippen molar-refractivity contribution < 1.29 is 0 Å².